The fourth-order valence-electron chi connectivity index (χ4n) is 3.16. The smallest absolute Gasteiger partial charge is 0.123 e. The molecule has 4 heteroatoms. The van der Waals surface area contributed by atoms with E-state index in [9.17, 15) is 5.11 Å². The van der Waals surface area contributed by atoms with Crippen molar-refractivity contribution in [3.8, 4) is 11.8 Å². The van der Waals surface area contributed by atoms with Crippen LogP contribution in [0.5, 0.6) is 5.75 Å². The van der Waals surface area contributed by atoms with Gasteiger partial charge in [-0.05, 0) is 31.0 Å². The zero-order chi connectivity index (χ0) is 15.1. The highest BCUT2D eigenvalue weighted by Gasteiger charge is 2.22. The maximum Gasteiger partial charge on any atom is 0.123 e. The second-order valence-electron chi connectivity index (χ2n) is 5.62. The van der Waals surface area contributed by atoms with Gasteiger partial charge >= 0.3 is 0 Å². The maximum absolute atomic E-state index is 9.35. The van der Waals surface area contributed by atoms with Crippen LogP contribution in [0.1, 0.15) is 43.2 Å². The van der Waals surface area contributed by atoms with Crippen molar-refractivity contribution < 1.29 is 9.84 Å². The topological polar surface area (TPSA) is 56.5 Å². The quantitative estimate of drug-likeness (QED) is 0.874. The second-order valence-corrected chi connectivity index (χ2v) is 5.62. The fourth-order valence-corrected chi connectivity index (χ4v) is 3.16. The van der Waals surface area contributed by atoms with E-state index in [0.717, 1.165) is 17.9 Å². The van der Waals surface area contributed by atoms with Crippen LogP contribution in [0.15, 0.2) is 18.2 Å². The molecule has 0 saturated heterocycles. The van der Waals surface area contributed by atoms with E-state index >= 15 is 0 Å². The molecule has 0 aromatic heterocycles. The van der Waals surface area contributed by atoms with Crippen LogP contribution in [0.2, 0.25) is 0 Å². The van der Waals surface area contributed by atoms with E-state index < -0.39 is 0 Å². The van der Waals surface area contributed by atoms with Gasteiger partial charge in [-0.15, -0.1) is 0 Å². The molecule has 0 radical (unpaired) electrons. The van der Waals surface area contributed by atoms with Crippen LogP contribution >= 0.6 is 0 Å². The number of ether oxygens (including phenoxy) is 1. The second kappa shape index (κ2) is 8.02. The molecule has 1 saturated carbocycles. The summed E-state index contributed by atoms with van der Waals surface area (Å²) >= 11 is 0. The van der Waals surface area contributed by atoms with Crippen molar-refractivity contribution in [3.63, 3.8) is 0 Å². The van der Waals surface area contributed by atoms with Gasteiger partial charge in [0.15, 0.2) is 0 Å². The molecule has 114 valence electrons. The SMILES string of the molecule is COc1ccc(C#N)cc1CN(CCO)C1CCCCC1. The largest absolute Gasteiger partial charge is 0.496 e. The summed E-state index contributed by atoms with van der Waals surface area (Å²) in [6.45, 7) is 1.56. The van der Waals surface area contributed by atoms with Gasteiger partial charge in [0.25, 0.3) is 0 Å². The molecule has 21 heavy (non-hydrogen) atoms. The van der Waals surface area contributed by atoms with E-state index in [-0.39, 0.29) is 6.61 Å². The molecule has 0 aliphatic heterocycles. The molecule has 0 amide bonds. The summed E-state index contributed by atoms with van der Waals surface area (Å²) in [5.41, 5.74) is 1.67. The van der Waals surface area contributed by atoms with Crippen molar-refractivity contribution >= 4 is 0 Å². The third-order valence-corrected chi connectivity index (χ3v) is 4.26. The van der Waals surface area contributed by atoms with Crippen LogP contribution in [0.3, 0.4) is 0 Å². The van der Waals surface area contributed by atoms with Gasteiger partial charge < -0.3 is 9.84 Å². The number of nitriles is 1. The van der Waals surface area contributed by atoms with Gasteiger partial charge in [-0.3, -0.25) is 4.90 Å². The van der Waals surface area contributed by atoms with Gasteiger partial charge in [-0.1, -0.05) is 19.3 Å². The number of hydrogen-bond acceptors (Lipinski definition) is 4. The molecule has 1 N–H and O–H groups in total. The normalized spacial score (nSPS) is 15.9. The Morgan fingerprint density at radius 2 is 2.10 bits per heavy atom. The Kier molecular flexibility index (Phi) is 6.04. The Morgan fingerprint density at radius 1 is 1.33 bits per heavy atom. The van der Waals surface area contributed by atoms with E-state index in [1.807, 2.05) is 12.1 Å². The molecular formula is C17H24N2O2. The Bertz CT molecular complexity index is 490. The number of methoxy groups -OCH3 is 1. The van der Waals surface area contributed by atoms with E-state index in [1.54, 1.807) is 13.2 Å². The minimum Gasteiger partial charge on any atom is -0.496 e. The van der Waals surface area contributed by atoms with Crippen molar-refractivity contribution in [3.05, 3.63) is 29.3 Å². The molecule has 0 atom stereocenters. The monoisotopic (exact) mass is 288 g/mol. The Labute approximate surface area is 127 Å². The molecule has 1 aliphatic rings. The molecule has 2 rings (SSSR count). The van der Waals surface area contributed by atoms with Gasteiger partial charge in [0.1, 0.15) is 5.75 Å². The van der Waals surface area contributed by atoms with E-state index in [4.69, 9.17) is 10.00 Å². The molecule has 1 aliphatic carbocycles. The van der Waals surface area contributed by atoms with Crippen molar-refractivity contribution in [2.45, 2.75) is 44.7 Å². The van der Waals surface area contributed by atoms with Crippen LogP contribution < -0.4 is 4.74 Å². The van der Waals surface area contributed by atoms with Gasteiger partial charge in [0.2, 0.25) is 0 Å². The van der Waals surface area contributed by atoms with Crippen molar-refractivity contribution in [2.75, 3.05) is 20.3 Å². The number of rotatable bonds is 6. The lowest BCUT2D eigenvalue weighted by Gasteiger charge is -2.34. The molecule has 1 aromatic rings. The Morgan fingerprint density at radius 3 is 2.71 bits per heavy atom. The lowest BCUT2D eigenvalue weighted by Crippen LogP contribution is -2.38. The molecule has 0 bridgehead atoms. The highest BCUT2D eigenvalue weighted by molar-refractivity contribution is 5.42. The summed E-state index contributed by atoms with van der Waals surface area (Å²) in [5.74, 6) is 0.813. The minimum atomic E-state index is 0.163. The first-order valence-electron chi connectivity index (χ1n) is 7.70. The summed E-state index contributed by atoms with van der Waals surface area (Å²) in [7, 11) is 1.65. The molecule has 0 unspecified atom stereocenters. The summed E-state index contributed by atoms with van der Waals surface area (Å²) in [5, 5.41) is 18.4. The van der Waals surface area contributed by atoms with Gasteiger partial charge in [0, 0.05) is 24.7 Å². The van der Waals surface area contributed by atoms with Crippen LogP contribution in [-0.4, -0.2) is 36.3 Å². The lowest BCUT2D eigenvalue weighted by atomic mass is 9.93. The average molecular weight is 288 g/mol. The third kappa shape index (κ3) is 4.20. The molecule has 1 aromatic carbocycles. The Hall–Kier alpha value is -1.57. The first-order chi connectivity index (χ1) is 10.3. The first kappa shape index (κ1) is 15.8. The molecule has 4 nitrogen and oxygen atoms in total. The highest BCUT2D eigenvalue weighted by atomic mass is 16.5. The number of nitrogens with zero attached hydrogens (tertiary/aromatic N) is 2. The van der Waals surface area contributed by atoms with Crippen LogP contribution in [-0.2, 0) is 6.54 Å². The molecular weight excluding hydrogens is 264 g/mol. The standard InChI is InChI=1S/C17H24N2O2/c1-21-17-8-7-14(12-18)11-15(17)13-19(9-10-20)16-5-3-2-4-6-16/h7-8,11,16,20H,2-6,9-10,13H2,1H3. The summed E-state index contributed by atoms with van der Waals surface area (Å²) in [6, 6.07) is 8.23. The van der Waals surface area contributed by atoms with Gasteiger partial charge in [-0.2, -0.15) is 5.26 Å². The number of aliphatic hydroxyl groups is 1. The molecule has 0 heterocycles. The number of aliphatic hydroxyl groups excluding tert-OH is 1. The molecule has 0 spiro atoms. The Balaban J connectivity index is 2.17. The molecule has 1 fully saturated rings. The van der Waals surface area contributed by atoms with E-state index in [0.29, 0.717) is 18.2 Å². The average Bonchev–Trinajstić information content (AvgIpc) is 2.55. The predicted octanol–water partition coefficient (Wildman–Crippen LogP) is 2.69. The first-order valence-corrected chi connectivity index (χ1v) is 7.70. The zero-order valence-electron chi connectivity index (χ0n) is 12.7. The van der Waals surface area contributed by atoms with Crippen molar-refractivity contribution in [1.29, 1.82) is 5.26 Å². The van der Waals surface area contributed by atoms with Crippen LogP contribution in [0, 0.1) is 11.3 Å². The van der Waals surface area contributed by atoms with Gasteiger partial charge in [-0.25, -0.2) is 0 Å². The van der Waals surface area contributed by atoms with Gasteiger partial charge in [0.05, 0.1) is 25.3 Å². The third-order valence-electron chi connectivity index (χ3n) is 4.26. The zero-order valence-corrected chi connectivity index (χ0v) is 12.7. The van der Waals surface area contributed by atoms with E-state index in [1.165, 1.54) is 32.1 Å². The predicted molar refractivity (Wildman–Crippen MR) is 82.1 cm³/mol. The van der Waals surface area contributed by atoms with Crippen LogP contribution in [0.4, 0.5) is 0 Å². The minimum absolute atomic E-state index is 0.163. The highest BCUT2D eigenvalue weighted by Crippen LogP contribution is 2.27. The van der Waals surface area contributed by atoms with Crippen LogP contribution in [0.25, 0.3) is 0 Å². The number of benzene rings is 1. The maximum atomic E-state index is 9.35. The van der Waals surface area contributed by atoms with E-state index in [2.05, 4.69) is 11.0 Å². The van der Waals surface area contributed by atoms with Crippen molar-refractivity contribution in [1.82, 2.24) is 4.90 Å². The summed E-state index contributed by atoms with van der Waals surface area (Å²) < 4.78 is 5.41. The fraction of sp³-hybridized carbons (Fsp3) is 0.588. The lowest BCUT2D eigenvalue weighted by molar-refractivity contribution is 0.116. The summed E-state index contributed by atoms with van der Waals surface area (Å²) in [4.78, 5) is 2.33. The van der Waals surface area contributed by atoms with Crippen molar-refractivity contribution in [2.24, 2.45) is 0 Å². The summed E-state index contributed by atoms with van der Waals surface area (Å²) in [6.07, 6.45) is 6.24. The number of hydrogen-bond donors (Lipinski definition) is 1.